The van der Waals surface area contributed by atoms with Gasteiger partial charge in [-0.3, -0.25) is 14.4 Å². The first-order valence-corrected chi connectivity index (χ1v) is 14.0. The van der Waals surface area contributed by atoms with Gasteiger partial charge in [0.1, 0.15) is 23.2 Å². The van der Waals surface area contributed by atoms with Gasteiger partial charge in [-0.25, -0.2) is 0 Å². The fourth-order valence-electron chi connectivity index (χ4n) is 7.09. The van der Waals surface area contributed by atoms with Crippen molar-refractivity contribution in [1.82, 2.24) is 0 Å². The molecule has 4 aliphatic heterocycles. The topological polar surface area (TPSA) is 199 Å². The van der Waals surface area contributed by atoms with Crippen LogP contribution >= 0.6 is 0 Å². The molecule has 0 radical (unpaired) electrons. The fraction of sp³-hybridized carbons (Fsp3) is 0.621. The molecular weight excluding hydrogens is 556 g/mol. The lowest BCUT2D eigenvalue weighted by Crippen LogP contribution is -2.67. The Kier molecular flexibility index (Phi) is 7.00. The van der Waals surface area contributed by atoms with Crippen LogP contribution < -0.4 is 0 Å². The van der Waals surface area contributed by atoms with Gasteiger partial charge in [-0.2, -0.15) is 0 Å². The van der Waals surface area contributed by atoms with E-state index in [1.165, 1.54) is 14.0 Å². The van der Waals surface area contributed by atoms with E-state index in [-0.39, 0.29) is 35.1 Å². The van der Waals surface area contributed by atoms with E-state index >= 15 is 0 Å². The molecule has 1 aromatic carbocycles. The van der Waals surface area contributed by atoms with Crippen LogP contribution in [0.2, 0.25) is 0 Å². The summed E-state index contributed by atoms with van der Waals surface area (Å²) in [4.78, 5) is 40.1. The van der Waals surface area contributed by atoms with Gasteiger partial charge in [0.25, 0.3) is 0 Å². The summed E-state index contributed by atoms with van der Waals surface area (Å²) >= 11 is 0. The van der Waals surface area contributed by atoms with Gasteiger partial charge in [-0.1, -0.05) is 0 Å². The minimum absolute atomic E-state index is 0.00277. The highest BCUT2D eigenvalue weighted by atomic mass is 16.7. The van der Waals surface area contributed by atoms with Gasteiger partial charge in [-0.05, 0) is 27.2 Å². The molecule has 2 fully saturated rings. The normalized spacial score (nSPS) is 39.1. The average molecular weight is 591 g/mol. The van der Waals surface area contributed by atoms with E-state index in [1.807, 2.05) is 0 Å². The number of carbonyl (C=O) groups excluding carboxylic acids is 3. The predicted octanol–water partition coefficient (Wildman–Crippen LogP) is 1.02. The second-order valence-electron chi connectivity index (χ2n) is 11.6. The first-order valence-electron chi connectivity index (χ1n) is 14.0. The molecule has 13 heteroatoms. The number of rotatable bonds is 4. The number of ketones is 2. The molecule has 4 heterocycles. The summed E-state index contributed by atoms with van der Waals surface area (Å²) in [5.41, 5.74) is -3.94. The van der Waals surface area contributed by atoms with E-state index in [0.29, 0.717) is 12.8 Å². The molecule has 42 heavy (non-hydrogen) atoms. The summed E-state index contributed by atoms with van der Waals surface area (Å²) in [6.45, 7) is 4.74. The van der Waals surface area contributed by atoms with Crippen LogP contribution in [0.1, 0.15) is 90.5 Å². The number of ether oxygens (including phenoxy) is 5. The molecule has 13 nitrogen and oxygen atoms in total. The number of Topliss-reactive ketones (excluding diaryl/α,β-unsaturated/α-hetero) is 2. The quantitative estimate of drug-likeness (QED) is 0.246. The van der Waals surface area contributed by atoms with E-state index in [2.05, 4.69) is 4.74 Å². The minimum Gasteiger partial charge on any atom is -0.507 e. The summed E-state index contributed by atoms with van der Waals surface area (Å²) in [7, 11) is 1.17. The van der Waals surface area contributed by atoms with E-state index in [4.69, 9.17) is 18.9 Å². The Labute approximate surface area is 240 Å². The van der Waals surface area contributed by atoms with Crippen molar-refractivity contribution in [2.45, 2.75) is 107 Å². The van der Waals surface area contributed by atoms with Crippen molar-refractivity contribution in [3.8, 4) is 11.5 Å². The summed E-state index contributed by atoms with van der Waals surface area (Å²) in [5.74, 6) is -3.82. The molecule has 2 bridgehead atoms. The molecule has 0 saturated carbocycles. The highest BCUT2D eigenvalue weighted by Gasteiger charge is 2.64. The molecule has 0 unspecified atom stereocenters. The second-order valence-corrected chi connectivity index (χ2v) is 11.6. The van der Waals surface area contributed by atoms with E-state index in [1.54, 1.807) is 13.8 Å². The van der Waals surface area contributed by atoms with Crippen LogP contribution in [0.4, 0.5) is 0 Å². The van der Waals surface area contributed by atoms with Gasteiger partial charge in [0.05, 0.1) is 67.4 Å². The van der Waals surface area contributed by atoms with Gasteiger partial charge in [0.2, 0.25) is 0 Å². The van der Waals surface area contributed by atoms with Crippen molar-refractivity contribution in [2.24, 2.45) is 0 Å². The van der Waals surface area contributed by atoms with Crippen LogP contribution in [-0.2, 0) is 28.5 Å². The SMILES string of the molecule is COC(=O)C[C@@H]1O[C@@H](C)c2c(O)c3c(c(O)c2[C@@H]1O)C(=O)C1=C(C3=O)[C@@]2(O)[C@H](C)O[C@H]1C[C@@H]2O[C@@H]1CC[C@H](O)[C@H](C)O1. The van der Waals surface area contributed by atoms with E-state index in [9.17, 15) is 39.9 Å². The Morgan fingerprint density at radius 1 is 0.976 bits per heavy atom. The van der Waals surface area contributed by atoms with Crippen molar-refractivity contribution >= 4 is 17.5 Å². The third-order valence-corrected chi connectivity index (χ3v) is 9.30. The lowest BCUT2D eigenvalue weighted by molar-refractivity contribution is -0.291. The zero-order valence-corrected chi connectivity index (χ0v) is 23.5. The molecule has 0 amide bonds. The summed E-state index contributed by atoms with van der Waals surface area (Å²) in [5, 5.41) is 56.0. The summed E-state index contributed by atoms with van der Waals surface area (Å²) in [6.07, 6.45) is -8.36. The Morgan fingerprint density at radius 2 is 1.64 bits per heavy atom. The van der Waals surface area contributed by atoms with Crippen LogP contribution in [0, 0.1) is 0 Å². The van der Waals surface area contributed by atoms with Crippen molar-refractivity contribution in [3.05, 3.63) is 33.4 Å². The monoisotopic (exact) mass is 590 g/mol. The minimum atomic E-state index is -2.11. The maximum atomic E-state index is 14.2. The van der Waals surface area contributed by atoms with Crippen LogP contribution in [0.3, 0.4) is 0 Å². The standard InChI is InChI=1S/C29H34O13/c1-9-12(30)5-6-17(40-9)42-15-7-13-19-23(29(15,37)11(3)41-13)28(36)22-21(26(19)34)27(35)20-18(25(22)33)10(2)39-14(24(20)32)8-16(31)38-4/h9-15,17,24,30,32-33,35,37H,5-8H2,1-4H3/t9-,10-,11-,12-,13-,14-,15-,17+,24+,29+/m0/s1. The van der Waals surface area contributed by atoms with Gasteiger partial charge in [0.15, 0.2) is 17.9 Å². The number of benzene rings is 1. The van der Waals surface area contributed by atoms with Gasteiger partial charge in [0, 0.05) is 35.1 Å². The lowest BCUT2D eigenvalue weighted by Gasteiger charge is -2.54. The fourth-order valence-corrected chi connectivity index (χ4v) is 7.09. The Morgan fingerprint density at radius 3 is 2.31 bits per heavy atom. The Bertz CT molecular complexity index is 1400. The largest absolute Gasteiger partial charge is 0.507 e. The number of methoxy groups -OCH3 is 1. The number of aliphatic hydroxyl groups excluding tert-OH is 2. The number of aromatic hydroxyl groups is 2. The number of esters is 1. The number of phenolic OH excluding ortho intramolecular Hbond substituents is 2. The second kappa shape index (κ2) is 10.1. The molecule has 1 aromatic rings. The van der Waals surface area contributed by atoms with Crippen molar-refractivity contribution < 1.29 is 63.6 Å². The number of carbonyl (C=O) groups is 3. The molecule has 0 aromatic heterocycles. The van der Waals surface area contributed by atoms with E-state index < -0.39 is 101 Å². The summed E-state index contributed by atoms with van der Waals surface area (Å²) in [6, 6.07) is 0. The molecule has 0 spiro atoms. The number of aliphatic hydroxyl groups is 3. The van der Waals surface area contributed by atoms with Crippen LogP contribution in [0.5, 0.6) is 11.5 Å². The Hall–Kier alpha value is -2.91. The van der Waals surface area contributed by atoms with Crippen LogP contribution in [0.25, 0.3) is 0 Å². The zero-order valence-electron chi connectivity index (χ0n) is 23.5. The molecule has 7 rings (SSSR count). The lowest BCUT2D eigenvalue weighted by atomic mass is 9.63. The number of phenols is 2. The third-order valence-electron chi connectivity index (χ3n) is 9.30. The Balaban J connectivity index is 1.43. The molecule has 10 atom stereocenters. The number of hydrogen-bond donors (Lipinski definition) is 5. The highest BCUT2D eigenvalue weighted by molar-refractivity contribution is 6.30. The molecule has 5 N–H and O–H groups in total. The smallest absolute Gasteiger partial charge is 0.308 e. The summed E-state index contributed by atoms with van der Waals surface area (Å²) < 4.78 is 28.2. The highest BCUT2D eigenvalue weighted by Crippen LogP contribution is 2.56. The van der Waals surface area contributed by atoms with Gasteiger partial charge in [-0.15, -0.1) is 0 Å². The number of fused-ring (bicyclic) bond motifs is 4. The van der Waals surface area contributed by atoms with Crippen molar-refractivity contribution in [2.75, 3.05) is 7.11 Å². The average Bonchev–Trinajstić information content (AvgIpc) is 2.93. The zero-order chi connectivity index (χ0) is 30.4. The molecule has 228 valence electrons. The molecule has 2 saturated heterocycles. The van der Waals surface area contributed by atoms with Gasteiger partial charge >= 0.3 is 5.97 Å². The maximum absolute atomic E-state index is 14.2. The molecular formula is C29H34O13. The van der Waals surface area contributed by atoms with E-state index in [0.717, 1.165) is 0 Å². The first-order chi connectivity index (χ1) is 19.8. The third kappa shape index (κ3) is 3.99. The van der Waals surface area contributed by atoms with Gasteiger partial charge < -0.3 is 49.2 Å². The molecule has 6 aliphatic rings. The van der Waals surface area contributed by atoms with Crippen LogP contribution in [-0.4, -0.2) is 98.7 Å². The van der Waals surface area contributed by atoms with Crippen LogP contribution in [0.15, 0.2) is 11.1 Å². The molecule has 2 aliphatic carbocycles. The van der Waals surface area contributed by atoms with Crippen molar-refractivity contribution in [1.29, 1.82) is 0 Å². The predicted molar refractivity (Wildman–Crippen MR) is 139 cm³/mol. The van der Waals surface area contributed by atoms with Crippen molar-refractivity contribution in [3.63, 3.8) is 0 Å². The first kappa shape index (κ1) is 29.2. The number of hydrogen-bond acceptors (Lipinski definition) is 13. The maximum Gasteiger partial charge on any atom is 0.308 e.